The zero-order chi connectivity index (χ0) is 11.5. The predicted molar refractivity (Wildman–Crippen MR) is 61.5 cm³/mol. The summed E-state index contributed by atoms with van der Waals surface area (Å²) in [5, 5.41) is 3.15. The van der Waals surface area contributed by atoms with Gasteiger partial charge in [-0.05, 0) is 24.6 Å². The third-order valence-corrected chi connectivity index (χ3v) is 2.36. The normalized spacial score (nSPS) is 10.2. The largest absolute Gasteiger partial charge is 0.338 e. The molecular weight excluding hydrogens is 229 g/mol. The molecule has 5 heteroatoms. The first kappa shape index (κ1) is 10.8. The van der Waals surface area contributed by atoms with Gasteiger partial charge in [0.05, 0.1) is 0 Å². The fourth-order valence-corrected chi connectivity index (χ4v) is 1.36. The molecule has 2 rings (SSSR count). The number of nitrogens with one attached hydrogen (secondary N) is 1. The summed E-state index contributed by atoms with van der Waals surface area (Å²) in [6, 6.07) is 4.83. The average molecular weight is 238 g/mol. The Labute approximate surface area is 97.3 Å². The first-order valence-corrected chi connectivity index (χ1v) is 5.04. The van der Waals surface area contributed by atoms with Crippen molar-refractivity contribution in [1.82, 2.24) is 9.97 Å². The van der Waals surface area contributed by atoms with Crippen molar-refractivity contribution in [3.63, 3.8) is 0 Å². The molecule has 1 aromatic heterocycles. The summed E-state index contributed by atoms with van der Waals surface area (Å²) in [5.74, 6) is 0.137. The fraction of sp³-hybridized carbons (Fsp3) is 0.0909. The molecule has 0 saturated heterocycles. The fourth-order valence-electron chi connectivity index (χ4n) is 1.21. The molecule has 0 radical (unpaired) electrons. The molecule has 2 aromatic rings. The van der Waals surface area contributed by atoms with Crippen LogP contribution < -0.4 is 5.32 Å². The van der Waals surface area contributed by atoms with Crippen molar-refractivity contribution in [3.05, 3.63) is 47.1 Å². The van der Waals surface area contributed by atoms with E-state index in [2.05, 4.69) is 15.3 Å². The number of aryl methyl sites for hydroxylation is 1. The highest BCUT2D eigenvalue weighted by Crippen LogP contribution is 2.21. The number of rotatable bonds is 2. The molecule has 0 atom stereocenters. The van der Waals surface area contributed by atoms with E-state index in [0.29, 0.717) is 17.1 Å². The van der Waals surface area contributed by atoms with Crippen molar-refractivity contribution in [2.45, 2.75) is 6.92 Å². The van der Waals surface area contributed by atoms with Gasteiger partial charge in [0.15, 0.2) is 11.0 Å². The summed E-state index contributed by atoms with van der Waals surface area (Å²) >= 11 is 5.82. The smallest absolute Gasteiger partial charge is 0.171 e. The summed E-state index contributed by atoms with van der Waals surface area (Å²) in [5.41, 5.74) is 1.18. The van der Waals surface area contributed by atoms with Gasteiger partial charge in [-0.25, -0.2) is 14.4 Å². The van der Waals surface area contributed by atoms with Crippen LogP contribution in [0, 0.1) is 12.7 Å². The van der Waals surface area contributed by atoms with Gasteiger partial charge in [0.1, 0.15) is 5.82 Å². The van der Waals surface area contributed by atoms with Crippen molar-refractivity contribution in [3.8, 4) is 0 Å². The van der Waals surface area contributed by atoms with E-state index in [1.165, 1.54) is 18.5 Å². The van der Waals surface area contributed by atoms with Crippen LogP contribution in [0.5, 0.6) is 0 Å². The third-order valence-electron chi connectivity index (χ3n) is 2.09. The molecule has 0 aliphatic heterocycles. The summed E-state index contributed by atoms with van der Waals surface area (Å²) in [6.07, 6.45) is 3.00. The Morgan fingerprint density at radius 2 is 2.00 bits per heavy atom. The van der Waals surface area contributed by atoms with Gasteiger partial charge in [-0.1, -0.05) is 17.7 Å². The monoisotopic (exact) mass is 237 g/mol. The highest BCUT2D eigenvalue weighted by molar-refractivity contribution is 6.31. The van der Waals surface area contributed by atoms with Gasteiger partial charge in [-0.15, -0.1) is 0 Å². The van der Waals surface area contributed by atoms with E-state index in [-0.39, 0.29) is 11.0 Å². The zero-order valence-electron chi connectivity index (χ0n) is 8.54. The van der Waals surface area contributed by atoms with Gasteiger partial charge in [0, 0.05) is 18.1 Å². The van der Waals surface area contributed by atoms with Gasteiger partial charge in [-0.2, -0.15) is 0 Å². The van der Waals surface area contributed by atoms with E-state index in [9.17, 15) is 4.39 Å². The Kier molecular flexibility index (Phi) is 3.01. The minimum absolute atomic E-state index is 0.253. The zero-order valence-corrected chi connectivity index (χ0v) is 9.29. The number of aromatic nitrogens is 2. The van der Waals surface area contributed by atoms with Crippen LogP contribution in [-0.2, 0) is 0 Å². The van der Waals surface area contributed by atoms with Crippen molar-refractivity contribution in [2.75, 3.05) is 5.32 Å². The van der Waals surface area contributed by atoms with Gasteiger partial charge in [-0.3, -0.25) is 0 Å². The van der Waals surface area contributed by atoms with E-state index in [1.54, 1.807) is 19.1 Å². The number of benzene rings is 1. The molecule has 0 spiro atoms. The van der Waals surface area contributed by atoms with Crippen LogP contribution in [0.15, 0.2) is 30.6 Å². The number of hydrogen-bond donors (Lipinski definition) is 1. The lowest BCUT2D eigenvalue weighted by molar-refractivity contribution is 0.619. The molecule has 0 aliphatic rings. The lowest BCUT2D eigenvalue weighted by Crippen LogP contribution is -1.96. The standard InChI is InChI=1S/C11H9ClFN3/c1-7-2-3-8(6-9(7)13)16-11-10(12)14-4-5-15-11/h2-6H,1H3,(H,15,16). The molecule has 82 valence electrons. The predicted octanol–water partition coefficient (Wildman–Crippen LogP) is 3.32. The first-order valence-electron chi connectivity index (χ1n) is 4.66. The molecule has 16 heavy (non-hydrogen) atoms. The second-order valence-electron chi connectivity index (χ2n) is 3.28. The summed E-state index contributed by atoms with van der Waals surface area (Å²) in [4.78, 5) is 7.86. The van der Waals surface area contributed by atoms with E-state index >= 15 is 0 Å². The van der Waals surface area contributed by atoms with Crippen LogP contribution in [-0.4, -0.2) is 9.97 Å². The number of hydrogen-bond acceptors (Lipinski definition) is 3. The number of halogens is 2. The lowest BCUT2D eigenvalue weighted by atomic mass is 10.2. The Balaban J connectivity index is 2.28. The minimum atomic E-state index is -0.273. The average Bonchev–Trinajstić information content (AvgIpc) is 2.27. The molecule has 0 unspecified atom stereocenters. The highest BCUT2D eigenvalue weighted by atomic mass is 35.5. The van der Waals surface area contributed by atoms with Gasteiger partial charge >= 0.3 is 0 Å². The summed E-state index contributed by atoms with van der Waals surface area (Å²) in [6.45, 7) is 1.70. The van der Waals surface area contributed by atoms with Crippen LogP contribution in [0.1, 0.15) is 5.56 Å². The van der Waals surface area contributed by atoms with Crippen molar-refractivity contribution in [2.24, 2.45) is 0 Å². The molecule has 0 amide bonds. The molecule has 0 saturated carbocycles. The van der Waals surface area contributed by atoms with Crippen LogP contribution in [0.2, 0.25) is 5.15 Å². The summed E-state index contributed by atoms with van der Waals surface area (Å²) in [7, 11) is 0. The molecular formula is C11H9ClFN3. The lowest BCUT2D eigenvalue weighted by Gasteiger charge is -2.07. The van der Waals surface area contributed by atoms with Crippen LogP contribution in [0.4, 0.5) is 15.9 Å². The molecule has 0 aliphatic carbocycles. The van der Waals surface area contributed by atoms with Crippen LogP contribution in [0.25, 0.3) is 0 Å². The van der Waals surface area contributed by atoms with E-state index in [0.717, 1.165) is 0 Å². The Morgan fingerprint density at radius 3 is 2.69 bits per heavy atom. The third kappa shape index (κ3) is 2.28. The maximum Gasteiger partial charge on any atom is 0.171 e. The van der Waals surface area contributed by atoms with E-state index in [4.69, 9.17) is 11.6 Å². The molecule has 1 heterocycles. The van der Waals surface area contributed by atoms with Crippen LogP contribution in [0.3, 0.4) is 0 Å². The molecule has 1 N–H and O–H groups in total. The van der Waals surface area contributed by atoms with Crippen molar-refractivity contribution in [1.29, 1.82) is 0 Å². The second-order valence-corrected chi connectivity index (χ2v) is 3.64. The van der Waals surface area contributed by atoms with Crippen molar-refractivity contribution < 1.29 is 4.39 Å². The highest BCUT2D eigenvalue weighted by Gasteiger charge is 2.04. The SMILES string of the molecule is Cc1ccc(Nc2nccnc2Cl)cc1F. The van der Waals surface area contributed by atoms with Gasteiger partial charge in [0.25, 0.3) is 0 Å². The molecule has 0 bridgehead atoms. The molecule has 1 aromatic carbocycles. The van der Waals surface area contributed by atoms with Gasteiger partial charge < -0.3 is 5.32 Å². The van der Waals surface area contributed by atoms with Crippen molar-refractivity contribution >= 4 is 23.1 Å². The minimum Gasteiger partial charge on any atom is -0.338 e. The Morgan fingerprint density at radius 1 is 1.25 bits per heavy atom. The maximum atomic E-state index is 13.3. The van der Waals surface area contributed by atoms with E-state index in [1.807, 2.05) is 0 Å². The van der Waals surface area contributed by atoms with E-state index < -0.39 is 0 Å². The Hall–Kier alpha value is -1.68. The quantitative estimate of drug-likeness (QED) is 0.871. The van der Waals surface area contributed by atoms with Gasteiger partial charge in [0.2, 0.25) is 0 Å². The second kappa shape index (κ2) is 4.45. The molecule has 0 fully saturated rings. The number of nitrogens with zero attached hydrogens (tertiary/aromatic N) is 2. The summed E-state index contributed by atoms with van der Waals surface area (Å²) < 4.78 is 13.3. The van der Waals surface area contributed by atoms with Crippen LogP contribution >= 0.6 is 11.6 Å². The first-order chi connectivity index (χ1) is 7.66. The Bertz CT molecular complexity index is 516. The molecule has 3 nitrogen and oxygen atoms in total. The topological polar surface area (TPSA) is 37.8 Å². The maximum absolute atomic E-state index is 13.3. The number of anilines is 2.